The van der Waals surface area contributed by atoms with Crippen molar-refractivity contribution in [1.29, 1.82) is 0 Å². The van der Waals surface area contributed by atoms with E-state index in [0.29, 0.717) is 0 Å². The smallest absolute Gasteiger partial charge is 0.0541 e. The van der Waals surface area contributed by atoms with Crippen molar-refractivity contribution in [3.63, 3.8) is 0 Å². The highest BCUT2D eigenvalue weighted by Gasteiger charge is 2.19. The summed E-state index contributed by atoms with van der Waals surface area (Å²) >= 11 is 0. The minimum atomic E-state index is 1.09. The van der Waals surface area contributed by atoms with E-state index in [9.17, 15) is 0 Å². The standard InChI is InChI=1S/C50H34N2/c1-2-15-38-33-39(28-27-35(38)13-1)45-20-5-8-24-48(45)51(40-31-29-37(30-32-40)44-23-11-16-36-14-3-4-19-43(36)44)41-17-12-18-42(34-41)52-49-25-9-6-21-46(49)47-22-7-10-26-50(47)52/h1-34H. The van der Waals surface area contributed by atoms with E-state index < -0.39 is 0 Å². The number of nitrogens with zero attached hydrogens (tertiary/aromatic N) is 2. The molecule has 52 heavy (non-hydrogen) atoms. The molecule has 9 aromatic carbocycles. The van der Waals surface area contributed by atoms with E-state index in [4.69, 9.17) is 0 Å². The monoisotopic (exact) mass is 662 g/mol. The van der Waals surface area contributed by atoms with Crippen LogP contribution in [0.3, 0.4) is 0 Å². The number of anilines is 3. The predicted molar refractivity (Wildman–Crippen MR) is 221 cm³/mol. The molecule has 0 N–H and O–H groups in total. The summed E-state index contributed by atoms with van der Waals surface area (Å²) in [6.07, 6.45) is 0. The first kappa shape index (κ1) is 30.0. The molecule has 10 aromatic rings. The number of benzene rings is 9. The van der Waals surface area contributed by atoms with Crippen LogP contribution in [-0.4, -0.2) is 4.57 Å². The lowest BCUT2D eigenvalue weighted by Gasteiger charge is -2.28. The Balaban J connectivity index is 1.17. The van der Waals surface area contributed by atoms with Crippen LogP contribution in [0.5, 0.6) is 0 Å². The van der Waals surface area contributed by atoms with Gasteiger partial charge in [0.05, 0.1) is 16.7 Å². The van der Waals surface area contributed by atoms with Crippen molar-refractivity contribution in [1.82, 2.24) is 4.57 Å². The minimum Gasteiger partial charge on any atom is -0.310 e. The van der Waals surface area contributed by atoms with Gasteiger partial charge in [-0.3, -0.25) is 0 Å². The molecule has 2 heteroatoms. The third-order valence-electron chi connectivity index (χ3n) is 10.4. The maximum atomic E-state index is 2.41. The molecule has 0 radical (unpaired) electrons. The second kappa shape index (κ2) is 12.5. The second-order valence-electron chi connectivity index (χ2n) is 13.4. The summed E-state index contributed by atoms with van der Waals surface area (Å²) in [6, 6.07) is 74.8. The maximum Gasteiger partial charge on any atom is 0.0541 e. The van der Waals surface area contributed by atoms with Gasteiger partial charge in [0.1, 0.15) is 0 Å². The lowest BCUT2D eigenvalue weighted by atomic mass is 9.97. The fourth-order valence-corrected chi connectivity index (χ4v) is 7.94. The predicted octanol–water partition coefficient (Wildman–Crippen LogP) is 13.9. The number of aromatic nitrogens is 1. The van der Waals surface area contributed by atoms with Crippen LogP contribution in [-0.2, 0) is 0 Å². The fraction of sp³-hybridized carbons (Fsp3) is 0. The largest absolute Gasteiger partial charge is 0.310 e. The lowest BCUT2D eigenvalue weighted by molar-refractivity contribution is 1.17. The van der Waals surface area contributed by atoms with E-state index in [1.54, 1.807) is 0 Å². The average molecular weight is 663 g/mol. The molecule has 0 spiro atoms. The van der Waals surface area contributed by atoms with Gasteiger partial charge in [-0.15, -0.1) is 0 Å². The zero-order chi connectivity index (χ0) is 34.4. The molecule has 0 unspecified atom stereocenters. The van der Waals surface area contributed by atoms with Gasteiger partial charge in [-0.05, 0) is 92.8 Å². The molecular formula is C50H34N2. The lowest BCUT2D eigenvalue weighted by Crippen LogP contribution is -2.11. The highest BCUT2D eigenvalue weighted by atomic mass is 15.1. The van der Waals surface area contributed by atoms with E-state index in [1.165, 1.54) is 65.6 Å². The number of hydrogen-bond donors (Lipinski definition) is 0. The fourth-order valence-electron chi connectivity index (χ4n) is 7.94. The van der Waals surface area contributed by atoms with Crippen molar-refractivity contribution in [3.8, 4) is 27.9 Å². The topological polar surface area (TPSA) is 8.17 Å². The van der Waals surface area contributed by atoms with Crippen molar-refractivity contribution in [2.45, 2.75) is 0 Å². The van der Waals surface area contributed by atoms with Crippen LogP contribution in [0.15, 0.2) is 206 Å². The molecule has 0 bridgehead atoms. The summed E-state index contributed by atoms with van der Waals surface area (Å²) in [5.41, 5.74) is 11.6. The Bertz CT molecular complexity index is 2860. The van der Waals surface area contributed by atoms with Crippen molar-refractivity contribution >= 4 is 60.4 Å². The highest BCUT2D eigenvalue weighted by Crippen LogP contribution is 2.43. The molecule has 0 aliphatic carbocycles. The van der Waals surface area contributed by atoms with Crippen molar-refractivity contribution in [2.75, 3.05) is 4.90 Å². The van der Waals surface area contributed by atoms with Gasteiger partial charge in [-0.2, -0.15) is 0 Å². The van der Waals surface area contributed by atoms with Gasteiger partial charge in [0, 0.05) is 33.4 Å². The van der Waals surface area contributed by atoms with Crippen LogP contribution in [0.2, 0.25) is 0 Å². The Morgan fingerprint density at radius 1 is 0.327 bits per heavy atom. The summed E-state index contributed by atoms with van der Waals surface area (Å²) in [5, 5.41) is 7.49. The SMILES string of the molecule is c1cc(N(c2ccc(-c3cccc4ccccc34)cc2)c2ccccc2-c2ccc3ccccc3c2)cc(-n2c3ccccc3c3ccccc32)c1. The molecule has 0 saturated heterocycles. The molecule has 0 aliphatic rings. The summed E-state index contributed by atoms with van der Waals surface area (Å²) in [6.45, 7) is 0. The molecule has 0 aliphatic heterocycles. The Morgan fingerprint density at radius 2 is 0.904 bits per heavy atom. The molecule has 0 fully saturated rings. The number of fused-ring (bicyclic) bond motifs is 5. The van der Waals surface area contributed by atoms with Gasteiger partial charge in [0.2, 0.25) is 0 Å². The first-order valence-electron chi connectivity index (χ1n) is 17.9. The number of rotatable bonds is 6. The van der Waals surface area contributed by atoms with E-state index in [-0.39, 0.29) is 0 Å². The zero-order valence-electron chi connectivity index (χ0n) is 28.5. The third kappa shape index (κ3) is 5.04. The van der Waals surface area contributed by atoms with E-state index in [2.05, 4.69) is 216 Å². The summed E-state index contributed by atoms with van der Waals surface area (Å²) in [7, 11) is 0. The molecule has 0 saturated carbocycles. The second-order valence-corrected chi connectivity index (χ2v) is 13.4. The molecule has 2 nitrogen and oxygen atoms in total. The maximum absolute atomic E-state index is 2.41. The molecule has 10 rings (SSSR count). The molecule has 1 heterocycles. The normalized spacial score (nSPS) is 11.5. The van der Waals surface area contributed by atoms with Crippen molar-refractivity contribution in [2.24, 2.45) is 0 Å². The van der Waals surface area contributed by atoms with Crippen LogP contribution in [0.4, 0.5) is 17.1 Å². The summed E-state index contributed by atoms with van der Waals surface area (Å²) < 4.78 is 2.39. The van der Waals surface area contributed by atoms with Gasteiger partial charge in [0.25, 0.3) is 0 Å². The van der Waals surface area contributed by atoms with E-state index >= 15 is 0 Å². The van der Waals surface area contributed by atoms with E-state index in [1.807, 2.05) is 0 Å². The Labute approximate surface area is 303 Å². The minimum absolute atomic E-state index is 1.09. The van der Waals surface area contributed by atoms with Crippen LogP contribution >= 0.6 is 0 Å². The average Bonchev–Trinajstić information content (AvgIpc) is 3.56. The third-order valence-corrected chi connectivity index (χ3v) is 10.4. The first-order valence-corrected chi connectivity index (χ1v) is 17.9. The Kier molecular flexibility index (Phi) is 7.18. The quantitative estimate of drug-likeness (QED) is 0.172. The van der Waals surface area contributed by atoms with Gasteiger partial charge >= 0.3 is 0 Å². The Morgan fingerprint density at radius 3 is 1.69 bits per heavy atom. The summed E-state index contributed by atoms with van der Waals surface area (Å²) in [5.74, 6) is 0. The number of hydrogen-bond acceptors (Lipinski definition) is 1. The van der Waals surface area contributed by atoms with Crippen molar-refractivity contribution < 1.29 is 0 Å². The van der Waals surface area contributed by atoms with Gasteiger partial charge in [-0.1, -0.05) is 152 Å². The van der Waals surface area contributed by atoms with Gasteiger partial charge < -0.3 is 9.47 Å². The molecule has 0 atom stereocenters. The van der Waals surface area contributed by atoms with E-state index in [0.717, 1.165) is 22.7 Å². The zero-order valence-corrected chi connectivity index (χ0v) is 28.5. The molecule has 0 amide bonds. The molecular weight excluding hydrogens is 629 g/mol. The number of para-hydroxylation sites is 3. The van der Waals surface area contributed by atoms with Crippen molar-refractivity contribution in [3.05, 3.63) is 206 Å². The van der Waals surface area contributed by atoms with Gasteiger partial charge in [0.15, 0.2) is 0 Å². The van der Waals surface area contributed by atoms with Gasteiger partial charge in [-0.25, -0.2) is 0 Å². The Hall–Kier alpha value is -6.90. The van der Waals surface area contributed by atoms with Crippen LogP contribution < -0.4 is 4.90 Å². The molecule has 1 aromatic heterocycles. The highest BCUT2D eigenvalue weighted by molar-refractivity contribution is 6.09. The summed E-state index contributed by atoms with van der Waals surface area (Å²) in [4.78, 5) is 2.41. The molecule has 244 valence electrons. The first-order chi connectivity index (χ1) is 25.8. The van der Waals surface area contributed by atoms with Crippen LogP contribution in [0, 0.1) is 0 Å². The van der Waals surface area contributed by atoms with Crippen LogP contribution in [0.25, 0.3) is 71.3 Å². The van der Waals surface area contributed by atoms with Crippen LogP contribution in [0.1, 0.15) is 0 Å².